The van der Waals surface area contributed by atoms with Gasteiger partial charge in [-0.1, -0.05) is 6.92 Å². The van der Waals surface area contributed by atoms with Crippen molar-refractivity contribution in [2.75, 3.05) is 6.61 Å². The number of ether oxygens (including phenoxy) is 1. The molecule has 0 aliphatic heterocycles. The largest absolute Gasteiger partial charge is 0.492 e. The Balaban J connectivity index is 1.84. The summed E-state index contributed by atoms with van der Waals surface area (Å²) in [5.74, 6) is -0.679. The molecule has 1 aliphatic carbocycles. The Morgan fingerprint density at radius 1 is 1.25 bits per heavy atom. The molecule has 0 amide bonds. The van der Waals surface area contributed by atoms with Gasteiger partial charge in [-0.05, 0) is 37.1 Å². The Kier molecular flexibility index (Phi) is 5.14. The van der Waals surface area contributed by atoms with E-state index in [4.69, 9.17) is 10.1 Å². The molecule has 2 N–H and O–H groups in total. The van der Waals surface area contributed by atoms with Crippen LogP contribution in [0, 0.1) is 10.8 Å². The molecule has 1 aliphatic rings. The molecule has 1 saturated carbocycles. The number of halogens is 3. The number of aromatic nitrogens is 1. The van der Waals surface area contributed by atoms with Gasteiger partial charge in [0.15, 0.2) is 5.78 Å². The van der Waals surface area contributed by atoms with Crippen molar-refractivity contribution in [3.05, 3.63) is 63.6 Å². The third-order valence-corrected chi connectivity index (χ3v) is 4.75. The zero-order valence-electron chi connectivity index (χ0n) is 15.2. The van der Waals surface area contributed by atoms with Crippen molar-refractivity contribution >= 4 is 11.5 Å². The Labute approximate surface area is 159 Å². The summed E-state index contributed by atoms with van der Waals surface area (Å²) in [5.41, 5.74) is -1.22. The summed E-state index contributed by atoms with van der Waals surface area (Å²) in [4.78, 5) is 26.4. The van der Waals surface area contributed by atoms with Gasteiger partial charge >= 0.3 is 6.18 Å². The van der Waals surface area contributed by atoms with Gasteiger partial charge in [0.25, 0.3) is 0 Å². The fourth-order valence-electron chi connectivity index (χ4n) is 2.65. The Morgan fingerprint density at radius 3 is 2.57 bits per heavy atom. The van der Waals surface area contributed by atoms with Crippen LogP contribution in [-0.2, 0) is 6.18 Å². The second-order valence-corrected chi connectivity index (χ2v) is 7.33. The summed E-state index contributed by atoms with van der Waals surface area (Å²) in [6, 6.07) is 5.41. The predicted octanol–water partition coefficient (Wildman–Crippen LogP) is 4.21. The lowest BCUT2D eigenvalue weighted by Gasteiger charge is -2.16. The molecule has 148 valence electrons. The van der Waals surface area contributed by atoms with E-state index >= 15 is 0 Å². The van der Waals surface area contributed by atoms with E-state index in [2.05, 4.69) is 4.98 Å². The minimum atomic E-state index is -4.55. The van der Waals surface area contributed by atoms with Gasteiger partial charge in [0, 0.05) is 29.0 Å². The molecule has 1 heterocycles. The summed E-state index contributed by atoms with van der Waals surface area (Å²) >= 11 is 0. The molecule has 1 aromatic carbocycles. The monoisotopic (exact) mass is 392 g/mol. The topological polar surface area (TPSA) is 83.0 Å². The molecule has 8 heteroatoms. The first kappa shape index (κ1) is 19.9. The van der Waals surface area contributed by atoms with E-state index in [1.165, 1.54) is 18.3 Å². The molecule has 0 saturated heterocycles. The second-order valence-electron chi connectivity index (χ2n) is 7.33. The number of hydrogen-bond acceptors (Lipinski definition) is 4. The number of carbonyl (C=O) groups is 1. The lowest BCUT2D eigenvalue weighted by atomic mass is 9.99. The van der Waals surface area contributed by atoms with Crippen molar-refractivity contribution in [1.82, 2.24) is 4.98 Å². The highest BCUT2D eigenvalue weighted by molar-refractivity contribution is 6.15. The lowest BCUT2D eigenvalue weighted by Crippen LogP contribution is -2.16. The number of hydrogen-bond donors (Lipinski definition) is 2. The van der Waals surface area contributed by atoms with E-state index in [9.17, 15) is 22.8 Å². The van der Waals surface area contributed by atoms with E-state index in [1.807, 2.05) is 6.92 Å². The number of alkyl halides is 3. The number of aromatic amines is 1. The number of pyridine rings is 1. The summed E-state index contributed by atoms with van der Waals surface area (Å²) in [7, 11) is 0. The SMILES string of the molecule is CC1(COc2cc(C(F)(F)F)ccc2C(=O)CC(=N)c2cc[nH]c(=O)c2)CC1. The van der Waals surface area contributed by atoms with E-state index in [1.54, 1.807) is 0 Å². The Hall–Kier alpha value is -2.90. The molecule has 0 bridgehead atoms. The average Bonchev–Trinajstić information content (AvgIpc) is 3.36. The maximum absolute atomic E-state index is 13.0. The van der Waals surface area contributed by atoms with E-state index in [-0.39, 0.29) is 41.0 Å². The molecule has 3 rings (SSSR count). The van der Waals surface area contributed by atoms with Crippen molar-refractivity contribution in [2.24, 2.45) is 5.41 Å². The van der Waals surface area contributed by atoms with Crippen LogP contribution in [0.15, 0.2) is 41.3 Å². The molecule has 0 unspecified atom stereocenters. The maximum Gasteiger partial charge on any atom is 0.416 e. The zero-order chi connectivity index (χ0) is 20.5. The van der Waals surface area contributed by atoms with Crippen LogP contribution in [-0.4, -0.2) is 23.1 Å². The number of carbonyl (C=O) groups excluding carboxylic acids is 1. The summed E-state index contributed by atoms with van der Waals surface area (Å²) < 4.78 is 44.7. The van der Waals surface area contributed by atoms with Gasteiger partial charge in [-0.25, -0.2) is 0 Å². The van der Waals surface area contributed by atoms with Gasteiger partial charge in [-0.2, -0.15) is 13.2 Å². The van der Waals surface area contributed by atoms with Crippen molar-refractivity contribution in [2.45, 2.75) is 32.4 Å². The van der Waals surface area contributed by atoms with Gasteiger partial charge in [0.05, 0.1) is 24.2 Å². The minimum Gasteiger partial charge on any atom is -0.492 e. The highest BCUT2D eigenvalue weighted by Gasteiger charge is 2.39. The molecular formula is C20H19F3N2O3. The molecule has 0 radical (unpaired) electrons. The van der Waals surface area contributed by atoms with Crippen LogP contribution < -0.4 is 10.3 Å². The summed E-state index contributed by atoms with van der Waals surface area (Å²) in [6.07, 6.45) is -1.71. The fraction of sp³-hybridized carbons (Fsp3) is 0.350. The van der Waals surface area contributed by atoms with Crippen molar-refractivity contribution in [1.29, 1.82) is 5.41 Å². The van der Waals surface area contributed by atoms with Crippen LogP contribution in [0.3, 0.4) is 0 Å². The number of nitrogens with one attached hydrogen (secondary N) is 2. The number of H-pyrrole nitrogens is 1. The normalized spacial score (nSPS) is 15.1. The van der Waals surface area contributed by atoms with Gasteiger partial charge in [-0.15, -0.1) is 0 Å². The first-order valence-corrected chi connectivity index (χ1v) is 8.71. The number of Topliss-reactive ketones (excluding diaryl/α,β-unsaturated/α-hetero) is 1. The standard InChI is InChI=1S/C20H19F3N2O3/c1-19(5-6-19)11-28-17-9-13(20(21,22)23)2-3-14(17)16(26)10-15(24)12-4-7-25-18(27)8-12/h2-4,7-9,24H,5-6,10-11H2,1H3,(H,25,27). The van der Waals surface area contributed by atoms with Crippen LogP contribution in [0.25, 0.3) is 0 Å². The predicted molar refractivity (Wildman–Crippen MR) is 97.1 cm³/mol. The van der Waals surface area contributed by atoms with Crippen molar-refractivity contribution in [3.8, 4) is 5.75 Å². The van der Waals surface area contributed by atoms with Gasteiger partial charge in [-0.3, -0.25) is 9.59 Å². The van der Waals surface area contributed by atoms with Crippen LogP contribution in [0.2, 0.25) is 0 Å². The fourth-order valence-corrected chi connectivity index (χ4v) is 2.65. The van der Waals surface area contributed by atoms with Crippen LogP contribution >= 0.6 is 0 Å². The Morgan fingerprint density at radius 2 is 1.96 bits per heavy atom. The molecule has 5 nitrogen and oxygen atoms in total. The molecule has 0 atom stereocenters. The highest BCUT2D eigenvalue weighted by Crippen LogP contribution is 2.45. The first-order chi connectivity index (χ1) is 13.1. The lowest BCUT2D eigenvalue weighted by molar-refractivity contribution is -0.137. The quantitative estimate of drug-likeness (QED) is 0.547. The van der Waals surface area contributed by atoms with Crippen molar-refractivity contribution in [3.63, 3.8) is 0 Å². The smallest absolute Gasteiger partial charge is 0.416 e. The summed E-state index contributed by atoms with van der Waals surface area (Å²) in [6.45, 7) is 2.19. The Bertz CT molecular complexity index is 975. The zero-order valence-corrected chi connectivity index (χ0v) is 15.2. The third-order valence-electron chi connectivity index (χ3n) is 4.75. The molecule has 0 spiro atoms. The third kappa shape index (κ3) is 4.68. The van der Waals surface area contributed by atoms with Crippen LogP contribution in [0.1, 0.15) is 47.7 Å². The van der Waals surface area contributed by atoms with Crippen LogP contribution in [0.5, 0.6) is 5.75 Å². The molecule has 28 heavy (non-hydrogen) atoms. The maximum atomic E-state index is 13.0. The highest BCUT2D eigenvalue weighted by atomic mass is 19.4. The molecular weight excluding hydrogens is 373 g/mol. The molecule has 2 aromatic rings. The van der Waals surface area contributed by atoms with Gasteiger partial charge in [0.1, 0.15) is 5.75 Å². The summed E-state index contributed by atoms with van der Waals surface area (Å²) in [5, 5.41) is 8.03. The number of ketones is 1. The minimum absolute atomic E-state index is 0.00756. The van der Waals surface area contributed by atoms with Gasteiger partial charge in [0.2, 0.25) is 5.56 Å². The van der Waals surface area contributed by atoms with E-state index < -0.39 is 23.1 Å². The molecule has 1 aromatic heterocycles. The van der Waals surface area contributed by atoms with Gasteiger partial charge < -0.3 is 15.1 Å². The number of benzene rings is 1. The van der Waals surface area contributed by atoms with Crippen LogP contribution in [0.4, 0.5) is 13.2 Å². The van der Waals surface area contributed by atoms with Crippen molar-refractivity contribution < 1.29 is 22.7 Å². The van der Waals surface area contributed by atoms with E-state index in [0.717, 1.165) is 31.0 Å². The average molecular weight is 392 g/mol. The van der Waals surface area contributed by atoms with E-state index in [0.29, 0.717) is 0 Å². The second kappa shape index (κ2) is 7.26. The first-order valence-electron chi connectivity index (χ1n) is 8.71. The molecule has 1 fully saturated rings. The number of rotatable bonds is 7.